The second kappa shape index (κ2) is 5.19. The number of hydrogen-bond acceptors (Lipinski definition) is 7. The van der Waals surface area contributed by atoms with Crippen LogP contribution in [0.15, 0.2) is 12.1 Å². The maximum absolute atomic E-state index is 14.7. The zero-order chi connectivity index (χ0) is 18.1. The van der Waals surface area contributed by atoms with Crippen molar-refractivity contribution < 1.29 is 32.8 Å². The fraction of sp³-hybridized carbons (Fsp3) is 0.500. The van der Waals surface area contributed by atoms with Crippen LogP contribution in [0.25, 0.3) is 0 Å². The molecule has 0 radical (unpaired) electrons. The smallest absolute Gasteiger partial charge is 0.280 e. The van der Waals surface area contributed by atoms with E-state index in [1.807, 2.05) is 0 Å². The fourth-order valence-corrected chi connectivity index (χ4v) is 3.82. The van der Waals surface area contributed by atoms with Crippen LogP contribution >= 0.6 is 0 Å². The van der Waals surface area contributed by atoms with Gasteiger partial charge in [-0.2, -0.15) is 0 Å². The number of imide groups is 1. The highest BCUT2D eigenvalue weighted by Gasteiger charge is 2.55. The summed E-state index contributed by atoms with van der Waals surface area (Å²) in [7, 11) is 0. The number of ether oxygens (including phenoxy) is 1. The van der Waals surface area contributed by atoms with Crippen molar-refractivity contribution in [3.8, 4) is 5.75 Å². The van der Waals surface area contributed by atoms with Gasteiger partial charge in [-0.1, -0.05) is 5.64 Å². The summed E-state index contributed by atoms with van der Waals surface area (Å²) in [5, 5.41) is 2.94. The van der Waals surface area contributed by atoms with Crippen LogP contribution in [0.4, 0.5) is 8.78 Å². The number of alkyl halides is 2. The van der Waals surface area contributed by atoms with Gasteiger partial charge in [-0.3, -0.25) is 19.3 Å². The first kappa shape index (κ1) is 16.1. The molecule has 0 aromatic heterocycles. The highest BCUT2D eigenvalue weighted by Crippen LogP contribution is 2.50. The quantitative estimate of drug-likeness (QED) is 0.706. The van der Waals surface area contributed by atoms with Gasteiger partial charge in [0.1, 0.15) is 11.4 Å². The molecule has 4 aliphatic heterocycles. The highest BCUT2D eigenvalue weighted by atomic mass is 19.3. The molecule has 8 nitrogen and oxygen atoms in total. The molecule has 0 saturated carbocycles. The third-order valence-electron chi connectivity index (χ3n) is 5.18. The number of nitrogens with zero attached hydrogens (tertiary/aromatic N) is 1. The molecule has 10 heteroatoms. The summed E-state index contributed by atoms with van der Waals surface area (Å²) in [5.41, 5.74) is 0.834. The van der Waals surface area contributed by atoms with E-state index in [-0.39, 0.29) is 35.5 Å². The molecular weight excluding hydrogens is 352 g/mol. The van der Waals surface area contributed by atoms with Crippen LogP contribution in [0.3, 0.4) is 0 Å². The number of amides is 2. The van der Waals surface area contributed by atoms with E-state index in [2.05, 4.69) is 11.0 Å². The van der Waals surface area contributed by atoms with Crippen molar-refractivity contribution >= 4 is 11.8 Å². The Kier molecular flexibility index (Phi) is 3.21. The lowest BCUT2D eigenvalue weighted by atomic mass is 9.83. The van der Waals surface area contributed by atoms with Crippen molar-refractivity contribution in [3.63, 3.8) is 0 Å². The van der Waals surface area contributed by atoms with Crippen LogP contribution in [0.1, 0.15) is 39.1 Å². The standard InChI is InChI=1S/C16H15F2N3O5/c17-16(18)5-15(6-19-7-15)25-11-4-9-8(3-10(11)16)13(22)21(14(9)23)12-1-2-24-20-26-12/h3-4,12,19-20H,1-2,5-7H2. The van der Waals surface area contributed by atoms with Gasteiger partial charge in [0.2, 0.25) is 0 Å². The van der Waals surface area contributed by atoms with Gasteiger partial charge in [0.05, 0.1) is 29.7 Å². The van der Waals surface area contributed by atoms with E-state index < -0.39 is 36.0 Å². The third kappa shape index (κ3) is 2.13. The van der Waals surface area contributed by atoms with E-state index in [1.54, 1.807) is 0 Å². The maximum Gasteiger partial charge on any atom is 0.280 e. The van der Waals surface area contributed by atoms with E-state index in [1.165, 1.54) is 6.07 Å². The Bertz CT molecular complexity index is 820. The molecule has 26 heavy (non-hydrogen) atoms. The molecule has 2 N–H and O–H groups in total. The summed E-state index contributed by atoms with van der Waals surface area (Å²) in [6, 6.07) is 2.33. The molecule has 1 unspecified atom stereocenters. The van der Waals surface area contributed by atoms with Gasteiger partial charge in [0.25, 0.3) is 17.7 Å². The molecule has 0 bridgehead atoms. The minimum absolute atomic E-state index is 0.0453. The number of hydrogen-bond donors (Lipinski definition) is 2. The van der Waals surface area contributed by atoms with Crippen LogP contribution in [0.2, 0.25) is 0 Å². The summed E-state index contributed by atoms with van der Waals surface area (Å²) >= 11 is 0. The van der Waals surface area contributed by atoms with Crippen LogP contribution in [0, 0.1) is 0 Å². The lowest BCUT2D eigenvalue weighted by Gasteiger charge is -2.48. The predicted molar refractivity (Wildman–Crippen MR) is 80.3 cm³/mol. The average molecular weight is 367 g/mol. The molecule has 2 saturated heterocycles. The average Bonchev–Trinajstić information content (AvgIpc) is 2.83. The SMILES string of the molecule is O=C1c2cc3c(cc2C(=O)N1C1CCONO1)C(F)(F)CC1(CNC1)O3. The lowest BCUT2D eigenvalue weighted by Crippen LogP contribution is -2.66. The molecule has 5 rings (SSSR count). The molecule has 2 fully saturated rings. The normalized spacial score (nSPS) is 28.4. The molecular formula is C16H15F2N3O5. The van der Waals surface area contributed by atoms with Gasteiger partial charge in [0.15, 0.2) is 6.23 Å². The number of rotatable bonds is 1. The van der Waals surface area contributed by atoms with Crippen LogP contribution in [0.5, 0.6) is 5.75 Å². The number of halogens is 2. The van der Waals surface area contributed by atoms with Gasteiger partial charge in [-0.15, -0.1) is 0 Å². The number of carbonyl (C=O) groups excluding carboxylic acids is 2. The van der Waals surface area contributed by atoms with Crippen molar-refractivity contribution in [1.29, 1.82) is 0 Å². The minimum Gasteiger partial charge on any atom is -0.484 e. The minimum atomic E-state index is -3.14. The zero-order valence-corrected chi connectivity index (χ0v) is 13.5. The Morgan fingerprint density at radius 1 is 1.15 bits per heavy atom. The zero-order valence-electron chi connectivity index (χ0n) is 13.5. The Labute approximate surface area is 146 Å². The molecule has 4 aliphatic rings. The molecule has 1 spiro atoms. The summed E-state index contributed by atoms with van der Waals surface area (Å²) < 4.78 is 35.2. The summed E-state index contributed by atoms with van der Waals surface area (Å²) in [4.78, 5) is 36.2. The molecule has 1 atom stereocenters. The predicted octanol–water partition coefficient (Wildman–Crippen LogP) is 0.682. The molecule has 1 aromatic carbocycles. The van der Waals surface area contributed by atoms with E-state index in [0.717, 1.165) is 11.0 Å². The Morgan fingerprint density at radius 3 is 2.50 bits per heavy atom. The van der Waals surface area contributed by atoms with Crippen LogP contribution < -0.4 is 15.7 Å². The Hall–Kier alpha value is -2.14. The Morgan fingerprint density at radius 2 is 1.88 bits per heavy atom. The van der Waals surface area contributed by atoms with Crippen molar-refractivity contribution in [2.75, 3.05) is 19.7 Å². The summed E-state index contributed by atoms with van der Waals surface area (Å²) in [5.74, 6) is -4.45. The first-order valence-corrected chi connectivity index (χ1v) is 8.27. The van der Waals surface area contributed by atoms with Crippen molar-refractivity contribution in [1.82, 2.24) is 15.9 Å². The van der Waals surface area contributed by atoms with Gasteiger partial charge in [0, 0.05) is 19.5 Å². The number of benzene rings is 1. The monoisotopic (exact) mass is 367 g/mol. The van der Waals surface area contributed by atoms with E-state index >= 15 is 0 Å². The molecule has 2 amide bonds. The van der Waals surface area contributed by atoms with Gasteiger partial charge in [-0.05, 0) is 12.1 Å². The van der Waals surface area contributed by atoms with Crippen molar-refractivity contribution in [2.45, 2.75) is 30.6 Å². The van der Waals surface area contributed by atoms with E-state index in [9.17, 15) is 18.4 Å². The highest BCUT2D eigenvalue weighted by molar-refractivity contribution is 6.21. The van der Waals surface area contributed by atoms with E-state index in [4.69, 9.17) is 14.4 Å². The van der Waals surface area contributed by atoms with Gasteiger partial charge < -0.3 is 10.1 Å². The topological polar surface area (TPSA) is 89.1 Å². The number of fused-ring (bicyclic) bond motifs is 2. The summed E-state index contributed by atoms with van der Waals surface area (Å²) in [6.45, 7) is 0.880. The first-order valence-electron chi connectivity index (χ1n) is 8.27. The molecule has 138 valence electrons. The second-order valence-electron chi connectivity index (χ2n) is 6.94. The fourth-order valence-electron chi connectivity index (χ4n) is 3.82. The number of carbonyl (C=O) groups is 2. The second-order valence-corrected chi connectivity index (χ2v) is 6.94. The number of nitrogens with one attached hydrogen (secondary N) is 2. The van der Waals surface area contributed by atoms with Gasteiger partial charge in [-0.25, -0.2) is 13.7 Å². The molecule has 0 aliphatic carbocycles. The maximum atomic E-state index is 14.7. The summed E-state index contributed by atoms with van der Waals surface area (Å²) in [6.07, 6.45) is -1.05. The van der Waals surface area contributed by atoms with Crippen molar-refractivity contribution in [3.05, 3.63) is 28.8 Å². The van der Waals surface area contributed by atoms with Gasteiger partial charge >= 0.3 is 0 Å². The molecule has 4 heterocycles. The third-order valence-corrected chi connectivity index (χ3v) is 5.18. The largest absolute Gasteiger partial charge is 0.484 e. The first-order chi connectivity index (χ1) is 12.4. The van der Waals surface area contributed by atoms with E-state index in [0.29, 0.717) is 13.1 Å². The van der Waals surface area contributed by atoms with Crippen molar-refractivity contribution in [2.24, 2.45) is 0 Å². The van der Waals surface area contributed by atoms with Crippen LogP contribution in [-0.2, 0) is 15.6 Å². The Balaban J connectivity index is 1.56. The van der Waals surface area contributed by atoms with Crippen LogP contribution in [-0.4, -0.2) is 48.2 Å². The molecule has 1 aromatic rings. The lowest BCUT2D eigenvalue weighted by molar-refractivity contribution is -0.259.